The van der Waals surface area contributed by atoms with Crippen molar-refractivity contribution >= 4 is 23.8 Å². The molecule has 3 aromatic rings. The number of methoxy groups -OCH3 is 3. The Morgan fingerprint density at radius 3 is 2.31 bits per heavy atom. The van der Waals surface area contributed by atoms with Crippen LogP contribution in [0.2, 0.25) is 0 Å². The van der Waals surface area contributed by atoms with Crippen LogP contribution in [-0.4, -0.2) is 41.8 Å². The van der Waals surface area contributed by atoms with Crippen LogP contribution in [0.25, 0.3) is 17.8 Å². The van der Waals surface area contributed by atoms with Gasteiger partial charge in [-0.2, -0.15) is 0 Å². The van der Waals surface area contributed by atoms with Crippen molar-refractivity contribution in [1.82, 2.24) is 9.38 Å². The Kier molecular flexibility index (Phi) is 5.54. The second kappa shape index (κ2) is 8.05. The summed E-state index contributed by atoms with van der Waals surface area (Å²) in [6, 6.07) is 6.38. The number of benzene rings is 1. The molecule has 1 N–H and O–H groups in total. The molecule has 0 unspecified atom stereocenters. The van der Waals surface area contributed by atoms with Crippen LogP contribution in [0.1, 0.15) is 27.2 Å². The largest absolute Gasteiger partial charge is 0.496 e. The van der Waals surface area contributed by atoms with E-state index in [1.54, 1.807) is 52.5 Å². The van der Waals surface area contributed by atoms with Gasteiger partial charge in [-0.05, 0) is 37.3 Å². The lowest BCUT2D eigenvalue weighted by atomic mass is 10.1. The van der Waals surface area contributed by atoms with Gasteiger partial charge in [-0.25, -0.2) is 9.78 Å². The van der Waals surface area contributed by atoms with Gasteiger partial charge in [0.25, 0.3) is 5.56 Å². The van der Waals surface area contributed by atoms with Crippen LogP contribution in [0.4, 0.5) is 0 Å². The number of fused-ring (bicyclic) bond motifs is 1. The molecule has 0 bridgehead atoms. The molecule has 0 atom stereocenters. The summed E-state index contributed by atoms with van der Waals surface area (Å²) < 4.78 is 17.2. The highest BCUT2D eigenvalue weighted by Crippen LogP contribution is 2.35. The Labute approximate surface area is 166 Å². The second-order valence-electron chi connectivity index (χ2n) is 6.16. The van der Waals surface area contributed by atoms with Crippen molar-refractivity contribution in [3.05, 3.63) is 63.2 Å². The van der Waals surface area contributed by atoms with E-state index in [-0.39, 0.29) is 11.1 Å². The first kappa shape index (κ1) is 19.9. The molecule has 3 rings (SSSR count). The summed E-state index contributed by atoms with van der Waals surface area (Å²) in [7, 11) is 4.63. The lowest BCUT2D eigenvalue weighted by molar-refractivity contribution is 0.0696. The number of aromatic carboxylic acids is 1. The number of aromatic nitrogens is 2. The van der Waals surface area contributed by atoms with Crippen LogP contribution in [0, 0.1) is 6.92 Å². The topological polar surface area (TPSA) is 99.4 Å². The lowest BCUT2D eigenvalue weighted by Gasteiger charge is -2.12. The van der Waals surface area contributed by atoms with Crippen LogP contribution in [0.3, 0.4) is 0 Å². The fourth-order valence-electron chi connectivity index (χ4n) is 2.88. The van der Waals surface area contributed by atoms with E-state index in [1.807, 2.05) is 0 Å². The summed E-state index contributed by atoms with van der Waals surface area (Å²) >= 11 is 0. The van der Waals surface area contributed by atoms with E-state index < -0.39 is 5.97 Å². The minimum absolute atomic E-state index is 0.0131. The van der Waals surface area contributed by atoms with Crippen molar-refractivity contribution in [1.29, 1.82) is 0 Å². The number of rotatable bonds is 6. The zero-order chi connectivity index (χ0) is 21.1. The smallest absolute Gasteiger partial charge is 0.337 e. The highest BCUT2D eigenvalue weighted by molar-refractivity contribution is 5.87. The Hall–Kier alpha value is -3.81. The Bertz CT molecular complexity index is 1180. The predicted octanol–water partition coefficient (Wildman–Crippen LogP) is 2.90. The average molecular weight is 396 g/mol. The Morgan fingerprint density at radius 2 is 1.69 bits per heavy atom. The molecule has 0 amide bonds. The van der Waals surface area contributed by atoms with Crippen LogP contribution >= 0.6 is 0 Å². The summed E-state index contributed by atoms with van der Waals surface area (Å²) in [5.74, 6) is 0.535. The molecule has 0 aliphatic rings. The number of carboxylic acids is 1. The highest BCUT2D eigenvalue weighted by atomic mass is 16.5. The van der Waals surface area contributed by atoms with Gasteiger partial charge in [0.2, 0.25) is 0 Å². The van der Waals surface area contributed by atoms with Gasteiger partial charge in [-0.1, -0.05) is 0 Å². The third-order valence-electron chi connectivity index (χ3n) is 4.49. The molecule has 0 saturated carbocycles. The molecule has 2 heterocycles. The minimum atomic E-state index is -1.11. The van der Waals surface area contributed by atoms with E-state index in [1.165, 1.54) is 22.7 Å². The fraction of sp³-hybridized carbons (Fsp3) is 0.190. The summed E-state index contributed by atoms with van der Waals surface area (Å²) in [4.78, 5) is 28.3. The van der Waals surface area contributed by atoms with E-state index in [0.717, 1.165) is 0 Å². The maximum Gasteiger partial charge on any atom is 0.337 e. The van der Waals surface area contributed by atoms with Gasteiger partial charge in [-0.15, -0.1) is 0 Å². The molecule has 150 valence electrons. The van der Waals surface area contributed by atoms with Gasteiger partial charge < -0.3 is 19.3 Å². The fourth-order valence-corrected chi connectivity index (χ4v) is 2.88. The maximum absolute atomic E-state index is 12.7. The minimum Gasteiger partial charge on any atom is -0.496 e. The quantitative estimate of drug-likeness (QED) is 0.684. The SMILES string of the molecule is COc1cc(OC)c(OC)cc1C=Cc1nc2ccc(C(=O)O)cn2c(=O)c1C. The molecular formula is C21H20N2O6. The molecule has 0 spiro atoms. The third-order valence-corrected chi connectivity index (χ3v) is 4.49. The van der Waals surface area contributed by atoms with Gasteiger partial charge in [0.15, 0.2) is 11.5 Å². The molecular weight excluding hydrogens is 376 g/mol. The maximum atomic E-state index is 12.7. The summed E-state index contributed by atoms with van der Waals surface area (Å²) in [5, 5.41) is 9.12. The van der Waals surface area contributed by atoms with Crippen molar-refractivity contribution < 1.29 is 24.1 Å². The van der Waals surface area contributed by atoms with Gasteiger partial charge in [0, 0.05) is 23.4 Å². The zero-order valence-corrected chi connectivity index (χ0v) is 16.4. The van der Waals surface area contributed by atoms with Crippen molar-refractivity contribution in [3.63, 3.8) is 0 Å². The van der Waals surface area contributed by atoms with Gasteiger partial charge in [-0.3, -0.25) is 9.20 Å². The molecule has 1 aromatic carbocycles. The number of carboxylic acid groups (broad SMARTS) is 1. The first-order valence-corrected chi connectivity index (χ1v) is 8.64. The van der Waals surface area contributed by atoms with Crippen molar-refractivity contribution in [2.24, 2.45) is 0 Å². The number of ether oxygens (including phenoxy) is 3. The first-order chi connectivity index (χ1) is 13.9. The molecule has 0 radical (unpaired) electrons. The molecule has 0 fully saturated rings. The Morgan fingerprint density at radius 1 is 1.03 bits per heavy atom. The summed E-state index contributed by atoms with van der Waals surface area (Å²) in [6.07, 6.45) is 4.73. The molecule has 2 aromatic heterocycles. The zero-order valence-electron chi connectivity index (χ0n) is 16.4. The number of hydrogen-bond acceptors (Lipinski definition) is 6. The second-order valence-corrected chi connectivity index (χ2v) is 6.16. The highest BCUT2D eigenvalue weighted by Gasteiger charge is 2.12. The van der Waals surface area contributed by atoms with E-state index in [2.05, 4.69) is 4.98 Å². The monoisotopic (exact) mass is 396 g/mol. The number of hydrogen-bond donors (Lipinski definition) is 1. The van der Waals surface area contributed by atoms with Gasteiger partial charge >= 0.3 is 5.97 Å². The van der Waals surface area contributed by atoms with Crippen molar-refractivity contribution in [2.75, 3.05) is 21.3 Å². The van der Waals surface area contributed by atoms with E-state index >= 15 is 0 Å². The molecule has 0 aliphatic carbocycles. The number of carbonyl (C=O) groups is 1. The van der Waals surface area contributed by atoms with Crippen LogP contribution in [0.5, 0.6) is 17.2 Å². The van der Waals surface area contributed by atoms with E-state index in [4.69, 9.17) is 19.3 Å². The van der Waals surface area contributed by atoms with E-state index in [9.17, 15) is 9.59 Å². The third kappa shape index (κ3) is 3.77. The van der Waals surface area contributed by atoms with Crippen molar-refractivity contribution in [3.8, 4) is 17.2 Å². The molecule has 0 aliphatic heterocycles. The molecule has 29 heavy (non-hydrogen) atoms. The van der Waals surface area contributed by atoms with Gasteiger partial charge in [0.05, 0.1) is 32.6 Å². The van der Waals surface area contributed by atoms with Crippen LogP contribution in [-0.2, 0) is 0 Å². The van der Waals surface area contributed by atoms with Gasteiger partial charge in [0.1, 0.15) is 11.4 Å². The van der Waals surface area contributed by atoms with Crippen LogP contribution < -0.4 is 19.8 Å². The molecule has 0 saturated heterocycles. The summed E-state index contributed by atoms with van der Waals surface area (Å²) in [6.45, 7) is 1.64. The van der Waals surface area contributed by atoms with E-state index in [0.29, 0.717) is 39.7 Å². The standard InChI is InChI=1S/C21H20N2O6/c1-12-15(22-19-8-6-14(21(25)26)11-23(19)20(12)24)7-5-13-9-17(28-3)18(29-4)10-16(13)27-2/h5-11H,1-4H3,(H,25,26). The lowest BCUT2D eigenvalue weighted by Crippen LogP contribution is -2.20. The van der Waals surface area contributed by atoms with Crippen LogP contribution in [0.15, 0.2) is 35.3 Å². The Balaban J connectivity index is 2.10. The predicted molar refractivity (Wildman–Crippen MR) is 108 cm³/mol. The van der Waals surface area contributed by atoms with Crippen molar-refractivity contribution in [2.45, 2.75) is 6.92 Å². The number of nitrogens with zero attached hydrogens (tertiary/aromatic N) is 2. The number of pyridine rings is 1. The average Bonchev–Trinajstić information content (AvgIpc) is 2.74. The molecule has 8 heteroatoms. The molecule has 8 nitrogen and oxygen atoms in total. The first-order valence-electron chi connectivity index (χ1n) is 8.64. The normalized spacial score (nSPS) is 11.0. The summed E-state index contributed by atoms with van der Waals surface area (Å²) in [5.41, 5.74) is 1.60.